The number of amides is 1. The van der Waals surface area contributed by atoms with E-state index < -0.39 is 34.8 Å². The Morgan fingerprint density at radius 2 is 1.87 bits per heavy atom. The highest BCUT2D eigenvalue weighted by atomic mass is 35.5. The van der Waals surface area contributed by atoms with Crippen molar-refractivity contribution in [3.05, 3.63) is 24.3 Å². The molecule has 5 nitrogen and oxygen atoms in total. The third-order valence-electron chi connectivity index (χ3n) is 3.41. The molecule has 1 fully saturated rings. The summed E-state index contributed by atoms with van der Waals surface area (Å²) < 4.78 is 31.9. The summed E-state index contributed by atoms with van der Waals surface area (Å²) in [5.74, 6) is -1.27. The molecule has 0 unspecified atom stereocenters. The lowest BCUT2D eigenvalue weighted by Gasteiger charge is -2.12. The number of ether oxygens (including phenoxy) is 2. The summed E-state index contributed by atoms with van der Waals surface area (Å²) in [7, 11) is 0. The SMILES string of the molecule is C[C@@]1(C(=O)OCC(=O)Nc2ccc(OC(F)F)cc2)CC1(Cl)Cl. The molecule has 0 saturated heterocycles. The number of alkyl halides is 4. The predicted molar refractivity (Wildman–Crippen MR) is 79.8 cm³/mol. The zero-order valence-corrected chi connectivity index (χ0v) is 13.5. The number of benzene rings is 1. The Morgan fingerprint density at radius 1 is 1.30 bits per heavy atom. The number of anilines is 1. The van der Waals surface area contributed by atoms with Crippen molar-refractivity contribution in [2.45, 2.75) is 24.3 Å². The van der Waals surface area contributed by atoms with Gasteiger partial charge in [-0.2, -0.15) is 8.78 Å². The van der Waals surface area contributed by atoms with Crippen LogP contribution in [0.25, 0.3) is 0 Å². The maximum atomic E-state index is 12.0. The van der Waals surface area contributed by atoms with Crippen molar-refractivity contribution >= 4 is 40.8 Å². The van der Waals surface area contributed by atoms with Gasteiger partial charge in [0.2, 0.25) is 0 Å². The van der Waals surface area contributed by atoms with Crippen molar-refractivity contribution in [1.82, 2.24) is 0 Å². The van der Waals surface area contributed by atoms with Crippen LogP contribution in [0.2, 0.25) is 0 Å². The van der Waals surface area contributed by atoms with E-state index in [4.69, 9.17) is 27.9 Å². The number of nitrogens with one attached hydrogen (secondary N) is 1. The van der Waals surface area contributed by atoms with E-state index in [1.54, 1.807) is 6.92 Å². The molecule has 1 aromatic carbocycles. The first-order valence-corrected chi connectivity index (χ1v) is 7.29. The van der Waals surface area contributed by atoms with Crippen molar-refractivity contribution in [3.63, 3.8) is 0 Å². The van der Waals surface area contributed by atoms with Crippen molar-refractivity contribution < 1.29 is 27.8 Å². The summed E-state index contributed by atoms with van der Waals surface area (Å²) in [5.41, 5.74) is -0.667. The third kappa shape index (κ3) is 4.23. The molecule has 0 aliphatic heterocycles. The van der Waals surface area contributed by atoms with Gasteiger partial charge in [-0.05, 0) is 31.2 Å². The fraction of sp³-hybridized carbons (Fsp3) is 0.429. The van der Waals surface area contributed by atoms with Crippen molar-refractivity contribution in [3.8, 4) is 5.75 Å². The quantitative estimate of drug-likeness (QED) is 0.618. The van der Waals surface area contributed by atoms with Gasteiger partial charge in [-0.3, -0.25) is 9.59 Å². The summed E-state index contributed by atoms with van der Waals surface area (Å²) in [5, 5.41) is 2.45. The largest absolute Gasteiger partial charge is 0.455 e. The zero-order chi connectivity index (χ0) is 17.3. The van der Waals surface area contributed by atoms with Crippen LogP contribution < -0.4 is 10.1 Å². The molecule has 9 heteroatoms. The lowest BCUT2D eigenvalue weighted by Crippen LogP contribution is -2.26. The Bertz CT molecular complexity index is 609. The van der Waals surface area contributed by atoms with E-state index in [1.807, 2.05) is 0 Å². The summed E-state index contributed by atoms with van der Waals surface area (Å²) in [6.07, 6.45) is 0.259. The lowest BCUT2D eigenvalue weighted by atomic mass is 10.1. The number of hydrogen-bond donors (Lipinski definition) is 1. The number of rotatable bonds is 6. The second kappa shape index (κ2) is 6.49. The molecule has 0 heterocycles. The molecule has 0 bridgehead atoms. The van der Waals surface area contributed by atoms with E-state index in [-0.39, 0.29) is 12.2 Å². The van der Waals surface area contributed by atoms with Crippen molar-refractivity contribution in [2.75, 3.05) is 11.9 Å². The van der Waals surface area contributed by atoms with Gasteiger partial charge < -0.3 is 14.8 Å². The Morgan fingerprint density at radius 3 is 2.35 bits per heavy atom. The van der Waals surface area contributed by atoms with Gasteiger partial charge >= 0.3 is 12.6 Å². The first-order valence-electron chi connectivity index (χ1n) is 6.54. The van der Waals surface area contributed by atoms with Crippen LogP contribution in [0.3, 0.4) is 0 Å². The highest BCUT2D eigenvalue weighted by molar-refractivity contribution is 6.53. The first-order chi connectivity index (χ1) is 10.6. The smallest absolute Gasteiger partial charge is 0.387 e. The number of esters is 1. The van der Waals surface area contributed by atoms with E-state index in [0.717, 1.165) is 0 Å². The minimum Gasteiger partial charge on any atom is -0.455 e. The maximum Gasteiger partial charge on any atom is 0.387 e. The lowest BCUT2D eigenvalue weighted by molar-refractivity contribution is -0.152. The van der Waals surface area contributed by atoms with Crippen LogP contribution in [0.1, 0.15) is 13.3 Å². The molecule has 1 saturated carbocycles. The number of carbonyl (C=O) groups excluding carboxylic acids is 2. The number of carbonyl (C=O) groups is 2. The average Bonchev–Trinajstić information content (AvgIpc) is 2.98. The third-order valence-corrected chi connectivity index (χ3v) is 4.51. The summed E-state index contributed by atoms with van der Waals surface area (Å²) in [6.45, 7) is -1.88. The Balaban J connectivity index is 1.80. The molecule has 0 aromatic heterocycles. The molecule has 1 aromatic rings. The number of hydrogen-bond acceptors (Lipinski definition) is 4. The van der Waals surface area contributed by atoms with Gasteiger partial charge in [-0.15, -0.1) is 23.2 Å². The maximum absolute atomic E-state index is 12.0. The minimum absolute atomic E-state index is 0.0355. The highest BCUT2D eigenvalue weighted by Crippen LogP contribution is 2.64. The van der Waals surface area contributed by atoms with E-state index >= 15 is 0 Å². The van der Waals surface area contributed by atoms with Crippen LogP contribution in [0.5, 0.6) is 5.75 Å². The topological polar surface area (TPSA) is 64.6 Å². The van der Waals surface area contributed by atoms with Crippen LogP contribution in [-0.2, 0) is 14.3 Å². The normalized spacial score (nSPS) is 21.7. The molecule has 126 valence electrons. The van der Waals surface area contributed by atoms with Crippen LogP contribution in [-0.4, -0.2) is 29.4 Å². The van der Waals surface area contributed by atoms with E-state index in [9.17, 15) is 18.4 Å². The second-order valence-corrected chi connectivity index (χ2v) is 6.72. The minimum atomic E-state index is -2.92. The molecule has 1 atom stereocenters. The molecular formula is C14H13Cl2F2NO4. The van der Waals surface area contributed by atoms with Gasteiger partial charge in [0.15, 0.2) is 6.61 Å². The number of halogens is 4. The second-order valence-electron chi connectivity index (χ2n) is 5.24. The van der Waals surface area contributed by atoms with Gasteiger partial charge in [0.1, 0.15) is 15.5 Å². The van der Waals surface area contributed by atoms with Crippen molar-refractivity contribution in [1.29, 1.82) is 0 Å². The van der Waals surface area contributed by atoms with Crippen LogP contribution in [0.4, 0.5) is 14.5 Å². The van der Waals surface area contributed by atoms with Gasteiger partial charge in [0.25, 0.3) is 5.91 Å². The fourth-order valence-corrected chi connectivity index (χ4v) is 2.52. The standard InChI is InChI=1S/C14H13Cl2F2NO4/c1-13(7-14(13,15)16)11(21)22-6-10(20)19-8-2-4-9(5-3-8)23-12(17)18/h2-5,12H,6-7H2,1H3,(H,19,20)/t13-/m0/s1. The Kier molecular flexibility index (Phi) is 5.01. The fourth-order valence-electron chi connectivity index (χ4n) is 1.83. The molecule has 1 amide bonds. The molecule has 23 heavy (non-hydrogen) atoms. The summed E-state index contributed by atoms with van der Waals surface area (Å²) >= 11 is 11.7. The highest BCUT2D eigenvalue weighted by Gasteiger charge is 2.69. The van der Waals surface area contributed by atoms with Gasteiger partial charge in [0, 0.05) is 12.1 Å². The van der Waals surface area contributed by atoms with Crippen LogP contribution in [0, 0.1) is 5.41 Å². The predicted octanol–water partition coefficient (Wildman–Crippen LogP) is 3.35. The molecule has 1 N–H and O–H groups in total. The molecule has 1 aliphatic rings. The molecule has 0 spiro atoms. The van der Waals surface area contributed by atoms with E-state index in [0.29, 0.717) is 5.69 Å². The van der Waals surface area contributed by atoms with Gasteiger partial charge in [0.05, 0.1) is 0 Å². The summed E-state index contributed by atoms with van der Waals surface area (Å²) in [4.78, 5) is 23.5. The van der Waals surface area contributed by atoms with E-state index in [1.165, 1.54) is 24.3 Å². The zero-order valence-electron chi connectivity index (χ0n) is 11.9. The van der Waals surface area contributed by atoms with Crippen LogP contribution in [0.15, 0.2) is 24.3 Å². The molecule has 0 radical (unpaired) electrons. The van der Waals surface area contributed by atoms with E-state index in [2.05, 4.69) is 10.1 Å². The Labute approximate surface area is 140 Å². The monoisotopic (exact) mass is 367 g/mol. The van der Waals surface area contributed by atoms with Gasteiger partial charge in [-0.1, -0.05) is 0 Å². The first kappa shape index (κ1) is 17.7. The summed E-state index contributed by atoms with van der Waals surface area (Å²) in [6, 6.07) is 5.30. The molecule has 1 aliphatic carbocycles. The van der Waals surface area contributed by atoms with Crippen LogP contribution >= 0.6 is 23.2 Å². The van der Waals surface area contributed by atoms with Gasteiger partial charge in [-0.25, -0.2) is 0 Å². The Hall–Kier alpha value is -1.60. The average molecular weight is 368 g/mol. The van der Waals surface area contributed by atoms with Crippen molar-refractivity contribution in [2.24, 2.45) is 5.41 Å². The molecular weight excluding hydrogens is 355 g/mol. The molecule has 2 rings (SSSR count).